The number of aliphatic hydroxyl groups is 1. The fraction of sp³-hybridized carbons (Fsp3) is 0.571. The van der Waals surface area contributed by atoms with Crippen LogP contribution in [0.25, 0.3) is 0 Å². The van der Waals surface area contributed by atoms with Crippen LogP contribution in [0.15, 0.2) is 12.1 Å². The smallest absolute Gasteiger partial charge is 0.167 e. The highest BCUT2D eigenvalue weighted by Gasteiger charge is 2.12. The molecule has 0 saturated carbocycles. The number of hydrogen-bond donors (Lipinski definition) is 2. The molecule has 1 aromatic carbocycles. The summed E-state index contributed by atoms with van der Waals surface area (Å²) in [6.07, 6.45) is 2.72. The number of nitrogen functional groups attached to an aromatic ring is 1. The van der Waals surface area contributed by atoms with E-state index in [0.717, 1.165) is 31.5 Å². The Morgan fingerprint density at radius 3 is 2.68 bits per heavy atom. The number of halogens is 1. The van der Waals surface area contributed by atoms with Gasteiger partial charge in [0.15, 0.2) is 11.6 Å². The third-order valence-electron chi connectivity index (χ3n) is 2.94. The van der Waals surface area contributed by atoms with E-state index in [1.165, 1.54) is 6.07 Å². The van der Waals surface area contributed by atoms with Gasteiger partial charge in [-0.15, -0.1) is 0 Å². The monoisotopic (exact) mass is 270 g/mol. The summed E-state index contributed by atoms with van der Waals surface area (Å²) in [6, 6.07) is 2.94. The molecule has 108 valence electrons. The summed E-state index contributed by atoms with van der Waals surface area (Å²) in [5, 5.41) is 8.73. The van der Waals surface area contributed by atoms with Gasteiger partial charge in [-0.25, -0.2) is 4.39 Å². The molecule has 0 heterocycles. The molecule has 19 heavy (non-hydrogen) atoms. The summed E-state index contributed by atoms with van der Waals surface area (Å²) >= 11 is 0. The van der Waals surface area contributed by atoms with E-state index in [1.807, 2.05) is 18.9 Å². The van der Waals surface area contributed by atoms with E-state index in [2.05, 4.69) is 0 Å². The van der Waals surface area contributed by atoms with Crippen LogP contribution in [0.2, 0.25) is 0 Å². The van der Waals surface area contributed by atoms with E-state index >= 15 is 0 Å². The molecule has 0 spiro atoms. The Hall–Kier alpha value is -1.49. The Morgan fingerprint density at radius 1 is 1.32 bits per heavy atom. The standard InChI is InChI=1S/C14H23FN2O2/c1-3-19-14-10-13(12(16)9-11(14)15)17(2)7-5-4-6-8-18/h9-10,18H,3-8,16H2,1-2H3. The minimum Gasteiger partial charge on any atom is -0.491 e. The largest absolute Gasteiger partial charge is 0.491 e. The van der Waals surface area contributed by atoms with Crippen molar-refractivity contribution in [1.29, 1.82) is 0 Å². The minimum atomic E-state index is -0.434. The number of rotatable bonds is 8. The zero-order valence-corrected chi connectivity index (χ0v) is 11.7. The van der Waals surface area contributed by atoms with Crippen molar-refractivity contribution < 1.29 is 14.2 Å². The zero-order valence-electron chi connectivity index (χ0n) is 11.7. The number of anilines is 2. The first kappa shape index (κ1) is 15.6. The fourth-order valence-corrected chi connectivity index (χ4v) is 1.91. The van der Waals surface area contributed by atoms with Crippen molar-refractivity contribution in [2.24, 2.45) is 0 Å². The van der Waals surface area contributed by atoms with E-state index in [0.29, 0.717) is 12.3 Å². The first-order valence-electron chi connectivity index (χ1n) is 6.64. The van der Waals surface area contributed by atoms with Gasteiger partial charge in [-0.3, -0.25) is 0 Å². The van der Waals surface area contributed by atoms with Crippen LogP contribution < -0.4 is 15.4 Å². The molecule has 0 saturated heterocycles. The van der Waals surface area contributed by atoms with Crippen LogP contribution in [-0.2, 0) is 0 Å². The van der Waals surface area contributed by atoms with Crippen LogP contribution in [-0.4, -0.2) is 31.9 Å². The van der Waals surface area contributed by atoms with Crippen molar-refractivity contribution in [3.8, 4) is 5.75 Å². The summed E-state index contributed by atoms with van der Waals surface area (Å²) in [7, 11) is 1.91. The molecule has 1 aromatic rings. The zero-order chi connectivity index (χ0) is 14.3. The molecular formula is C14H23FN2O2. The molecule has 0 radical (unpaired) electrons. The predicted octanol–water partition coefficient (Wildman–Crippen LogP) is 2.41. The number of benzene rings is 1. The van der Waals surface area contributed by atoms with Crippen molar-refractivity contribution in [3.05, 3.63) is 17.9 Å². The molecule has 0 atom stereocenters. The van der Waals surface area contributed by atoms with Gasteiger partial charge in [-0.05, 0) is 26.2 Å². The number of nitrogens with zero attached hydrogens (tertiary/aromatic N) is 1. The highest BCUT2D eigenvalue weighted by Crippen LogP contribution is 2.30. The molecule has 0 aromatic heterocycles. The second-order valence-electron chi connectivity index (χ2n) is 4.48. The molecule has 0 fully saturated rings. The number of ether oxygens (including phenoxy) is 1. The van der Waals surface area contributed by atoms with Crippen molar-refractivity contribution >= 4 is 11.4 Å². The van der Waals surface area contributed by atoms with Crippen molar-refractivity contribution in [1.82, 2.24) is 0 Å². The fourth-order valence-electron chi connectivity index (χ4n) is 1.91. The minimum absolute atomic E-state index is 0.219. The first-order chi connectivity index (χ1) is 9.10. The van der Waals surface area contributed by atoms with E-state index < -0.39 is 5.82 Å². The number of hydrogen-bond acceptors (Lipinski definition) is 4. The lowest BCUT2D eigenvalue weighted by Crippen LogP contribution is -2.20. The van der Waals surface area contributed by atoms with Gasteiger partial charge in [-0.2, -0.15) is 0 Å². The summed E-state index contributed by atoms with van der Waals surface area (Å²) in [5.41, 5.74) is 7.02. The summed E-state index contributed by atoms with van der Waals surface area (Å²) in [5.74, 6) is -0.203. The molecule has 0 unspecified atom stereocenters. The highest BCUT2D eigenvalue weighted by atomic mass is 19.1. The lowest BCUT2D eigenvalue weighted by atomic mass is 10.2. The van der Waals surface area contributed by atoms with Gasteiger partial charge in [0.25, 0.3) is 0 Å². The maximum absolute atomic E-state index is 13.6. The maximum atomic E-state index is 13.6. The van der Waals surface area contributed by atoms with E-state index in [9.17, 15) is 4.39 Å². The maximum Gasteiger partial charge on any atom is 0.167 e. The molecular weight excluding hydrogens is 247 g/mol. The topological polar surface area (TPSA) is 58.7 Å². The Balaban J connectivity index is 2.72. The Kier molecular flexibility index (Phi) is 6.42. The lowest BCUT2D eigenvalue weighted by molar-refractivity contribution is 0.283. The summed E-state index contributed by atoms with van der Waals surface area (Å²) in [4.78, 5) is 1.98. The molecule has 3 N–H and O–H groups in total. The number of nitrogens with two attached hydrogens (primary N) is 1. The third kappa shape index (κ3) is 4.59. The second kappa shape index (κ2) is 7.84. The van der Waals surface area contributed by atoms with Crippen LogP contribution in [0.5, 0.6) is 5.75 Å². The molecule has 4 nitrogen and oxygen atoms in total. The molecule has 0 aliphatic heterocycles. The SMILES string of the molecule is CCOc1cc(N(C)CCCCCO)c(N)cc1F. The van der Waals surface area contributed by atoms with Crippen LogP contribution in [0.1, 0.15) is 26.2 Å². The van der Waals surface area contributed by atoms with Crippen LogP contribution >= 0.6 is 0 Å². The number of aliphatic hydroxyl groups excluding tert-OH is 1. The van der Waals surface area contributed by atoms with Crippen molar-refractivity contribution in [3.63, 3.8) is 0 Å². The van der Waals surface area contributed by atoms with Gasteiger partial charge >= 0.3 is 0 Å². The van der Waals surface area contributed by atoms with Gasteiger partial charge in [-0.1, -0.05) is 0 Å². The van der Waals surface area contributed by atoms with Gasteiger partial charge in [0, 0.05) is 32.3 Å². The second-order valence-corrected chi connectivity index (χ2v) is 4.48. The molecule has 5 heteroatoms. The van der Waals surface area contributed by atoms with Gasteiger partial charge in [0.1, 0.15) is 0 Å². The van der Waals surface area contributed by atoms with Crippen molar-refractivity contribution in [2.45, 2.75) is 26.2 Å². The number of unbranched alkanes of at least 4 members (excludes halogenated alkanes) is 2. The molecule has 0 amide bonds. The third-order valence-corrected chi connectivity index (χ3v) is 2.94. The van der Waals surface area contributed by atoms with Crippen LogP contribution in [0.3, 0.4) is 0 Å². The molecule has 1 rings (SSSR count). The van der Waals surface area contributed by atoms with E-state index in [-0.39, 0.29) is 12.4 Å². The van der Waals surface area contributed by atoms with Crippen LogP contribution in [0, 0.1) is 5.82 Å². The molecule has 0 aliphatic carbocycles. The van der Waals surface area contributed by atoms with Crippen LogP contribution in [0.4, 0.5) is 15.8 Å². The summed E-state index contributed by atoms with van der Waals surface area (Å²) < 4.78 is 18.8. The lowest BCUT2D eigenvalue weighted by Gasteiger charge is -2.22. The average molecular weight is 270 g/mol. The normalized spacial score (nSPS) is 10.5. The van der Waals surface area contributed by atoms with Gasteiger partial charge < -0.3 is 20.5 Å². The molecule has 0 aliphatic rings. The average Bonchev–Trinajstić information content (AvgIpc) is 2.38. The summed E-state index contributed by atoms with van der Waals surface area (Å²) in [6.45, 7) is 3.26. The van der Waals surface area contributed by atoms with Crippen molar-refractivity contribution in [2.75, 3.05) is 37.4 Å². The van der Waals surface area contributed by atoms with E-state index in [4.69, 9.17) is 15.6 Å². The van der Waals surface area contributed by atoms with Gasteiger partial charge in [0.05, 0.1) is 18.0 Å². The quantitative estimate of drug-likeness (QED) is 0.562. The Labute approximate surface area is 114 Å². The van der Waals surface area contributed by atoms with E-state index in [1.54, 1.807) is 6.07 Å². The molecule has 0 bridgehead atoms. The Bertz CT molecular complexity index is 399. The highest BCUT2D eigenvalue weighted by molar-refractivity contribution is 5.69. The van der Waals surface area contributed by atoms with Gasteiger partial charge in [0.2, 0.25) is 0 Å². The first-order valence-corrected chi connectivity index (χ1v) is 6.64. The predicted molar refractivity (Wildman–Crippen MR) is 76.2 cm³/mol. The Morgan fingerprint density at radius 2 is 2.05 bits per heavy atom.